The Kier molecular flexibility index (Phi) is 4.67. The van der Waals surface area contributed by atoms with Gasteiger partial charge in [-0.1, -0.05) is 33.6 Å². The number of sulfonamides is 1. The van der Waals surface area contributed by atoms with Crippen LogP contribution in [0, 0.1) is 0 Å². The van der Waals surface area contributed by atoms with Crippen LogP contribution in [-0.4, -0.2) is 14.3 Å². The predicted octanol–water partition coefficient (Wildman–Crippen LogP) is 3.00. The Balaban J connectivity index is 2.30. The third kappa shape index (κ3) is 4.04. The monoisotopic (exact) mass is 388 g/mol. The summed E-state index contributed by atoms with van der Waals surface area (Å²) in [5, 5.41) is 7.91. The summed E-state index contributed by atoms with van der Waals surface area (Å²) in [6.07, 6.45) is 0. The van der Waals surface area contributed by atoms with Crippen LogP contribution in [0.25, 0.3) is 0 Å². The molecule has 21 heavy (non-hydrogen) atoms. The van der Waals surface area contributed by atoms with Gasteiger partial charge in [-0.25, -0.2) is 13.6 Å². The van der Waals surface area contributed by atoms with Gasteiger partial charge >= 0.3 is 0 Å². The minimum atomic E-state index is -3.83. The van der Waals surface area contributed by atoms with Gasteiger partial charge in [0.05, 0.1) is 15.5 Å². The number of benzene rings is 2. The van der Waals surface area contributed by atoms with Crippen molar-refractivity contribution in [3.05, 3.63) is 57.5 Å². The van der Waals surface area contributed by atoms with Crippen molar-refractivity contribution >= 4 is 49.1 Å². The molecule has 0 aromatic heterocycles. The van der Waals surface area contributed by atoms with Crippen molar-refractivity contribution in [1.29, 1.82) is 0 Å². The highest BCUT2D eigenvalue weighted by Crippen LogP contribution is 2.22. The summed E-state index contributed by atoms with van der Waals surface area (Å²) in [5.41, 5.74) is 0.578. The molecule has 5 nitrogen and oxygen atoms in total. The van der Waals surface area contributed by atoms with E-state index < -0.39 is 15.9 Å². The van der Waals surface area contributed by atoms with Crippen molar-refractivity contribution < 1.29 is 13.2 Å². The summed E-state index contributed by atoms with van der Waals surface area (Å²) >= 11 is 9.22. The quantitative estimate of drug-likeness (QED) is 0.845. The maximum absolute atomic E-state index is 12.2. The maximum Gasteiger partial charge on any atom is 0.257 e. The largest absolute Gasteiger partial charge is 0.322 e. The van der Waals surface area contributed by atoms with Crippen LogP contribution in [0.5, 0.6) is 0 Å². The molecule has 2 rings (SSSR count). The molecule has 0 fully saturated rings. The molecule has 0 bridgehead atoms. The van der Waals surface area contributed by atoms with E-state index in [-0.39, 0.29) is 10.5 Å². The number of halogens is 2. The third-order valence-corrected chi connectivity index (χ3v) is 4.33. The van der Waals surface area contributed by atoms with E-state index in [1.54, 1.807) is 24.3 Å². The van der Waals surface area contributed by atoms with Crippen LogP contribution in [0.15, 0.2) is 51.8 Å². The Morgan fingerprint density at radius 2 is 1.90 bits per heavy atom. The van der Waals surface area contributed by atoms with E-state index in [0.29, 0.717) is 15.2 Å². The van der Waals surface area contributed by atoms with Crippen LogP contribution in [-0.2, 0) is 10.0 Å². The Morgan fingerprint density at radius 1 is 1.19 bits per heavy atom. The third-order valence-electron chi connectivity index (χ3n) is 2.59. The molecule has 8 heteroatoms. The fraction of sp³-hybridized carbons (Fsp3) is 0. The average Bonchev–Trinajstić information content (AvgIpc) is 2.41. The van der Waals surface area contributed by atoms with E-state index in [1.807, 2.05) is 0 Å². The number of carbonyl (C=O) groups is 1. The van der Waals surface area contributed by atoms with Gasteiger partial charge in [0, 0.05) is 10.2 Å². The molecule has 0 saturated carbocycles. The van der Waals surface area contributed by atoms with Crippen molar-refractivity contribution in [2.45, 2.75) is 4.90 Å². The summed E-state index contributed by atoms with van der Waals surface area (Å²) in [7, 11) is -3.83. The minimum Gasteiger partial charge on any atom is -0.322 e. The topological polar surface area (TPSA) is 89.3 Å². The molecule has 0 aliphatic rings. The van der Waals surface area contributed by atoms with E-state index >= 15 is 0 Å². The lowest BCUT2D eigenvalue weighted by Crippen LogP contribution is -2.15. The molecule has 2 aromatic rings. The van der Waals surface area contributed by atoms with Gasteiger partial charge < -0.3 is 5.32 Å². The van der Waals surface area contributed by atoms with Crippen LogP contribution in [0.2, 0.25) is 5.02 Å². The number of rotatable bonds is 3. The molecule has 0 heterocycles. The Labute approximate surface area is 135 Å². The molecule has 1 amide bonds. The number of hydrogen-bond donors (Lipinski definition) is 2. The van der Waals surface area contributed by atoms with Gasteiger partial charge in [-0.15, -0.1) is 0 Å². The molecule has 0 unspecified atom stereocenters. The van der Waals surface area contributed by atoms with Crippen LogP contribution < -0.4 is 10.5 Å². The zero-order valence-corrected chi connectivity index (χ0v) is 13.7. The number of amides is 1. The summed E-state index contributed by atoms with van der Waals surface area (Å²) < 4.78 is 23.3. The highest BCUT2D eigenvalue weighted by molar-refractivity contribution is 9.10. The first-order valence-corrected chi connectivity index (χ1v) is 8.38. The van der Waals surface area contributed by atoms with Gasteiger partial charge in [0.2, 0.25) is 10.0 Å². The molecule has 0 atom stereocenters. The first-order valence-electron chi connectivity index (χ1n) is 5.66. The smallest absolute Gasteiger partial charge is 0.257 e. The van der Waals surface area contributed by atoms with Gasteiger partial charge in [-0.2, -0.15) is 0 Å². The molecule has 0 saturated heterocycles. The van der Waals surface area contributed by atoms with Crippen molar-refractivity contribution in [2.75, 3.05) is 5.32 Å². The van der Waals surface area contributed by atoms with Gasteiger partial charge in [-0.05, 0) is 36.4 Å². The number of carbonyl (C=O) groups excluding carboxylic acids is 1. The first kappa shape index (κ1) is 16.0. The lowest BCUT2D eigenvalue weighted by Gasteiger charge is -2.08. The molecule has 3 N–H and O–H groups in total. The lowest BCUT2D eigenvalue weighted by molar-refractivity contribution is 0.102. The summed E-state index contributed by atoms with van der Waals surface area (Å²) in [6.45, 7) is 0. The number of anilines is 1. The standard InChI is InChI=1S/C13H10BrClN2O3S/c14-8-4-5-12(15)11(6-8)13(18)17-9-2-1-3-10(7-9)21(16,19)20/h1-7H,(H,17,18)(H2,16,19,20). The SMILES string of the molecule is NS(=O)(=O)c1cccc(NC(=O)c2cc(Br)ccc2Cl)c1. The van der Waals surface area contributed by atoms with Crippen LogP contribution in [0.1, 0.15) is 10.4 Å². The van der Waals surface area contributed by atoms with E-state index in [2.05, 4.69) is 21.2 Å². The summed E-state index contributed by atoms with van der Waals surface area (Å²) in [4.78, 5) is 12.1. The second-order valence-corrected chi connectivity index (χ2v) is 7.04. The van der Waals surface area contributed by atoms with Gasteiger partial charge in [0.15, 0.2) is 0 Å². The fourth-order valence-electron chi connectivity index (χ4n) is 1.62. The zero-order valence-electron chi connectivity index (χ0n) is 10.5. The van der Waals surface area contributed by atoms with Gasteiger partial charge in [0.1, 0.15) is 0 Å². The maximum atomic E-state index is 12.2. The Hall–Kier alpha value is -1.41. The molecule has 2 aromatic carbocycles. The van der Waals surface area contributed by atoms with Crippen LogP contribution >= 0.6 is 27.5 Å². The van der Waals surface area contributed by atoms with Gasteiger partial charge in [-0.3, -0.25) is 4.79 Å². The molecule has 0 radical (unpaired) electrons. The Bertz CT molecular complexity index is 809. The average molecular weight is 390 g/mol. The number of nitrogens with two attached hydrogens (primary N) is 1. The fourth-order valence-corrected chi connectivity index (χ4v) is 2.74. The second kappa shape index (κ2) is 6.15. The first-order chi connectivity index (χ1) is 9.77. The normalized spacial score (nSPS) is 11.2. The van der Waals surface area contributed by atoms with Crippen molar-refractivity contribution in [2.24, 2.45) is 5.14 Å². The second-order valence-electron chi connectivity index (χ2n) is 4.15. The van der Waals surface area contributed by atoms with E-state index in [9.17, 15) is 13.2 Å². The Morgan fingerprint density at radius 3 is 2.57 bits per heavy atom. The highest BCUT2D eigenvalue weighted by atomic mass is 79.9. The molecule has 0 aliphatic carbocycles. The van der Waals surface area contributed by atoms with E-state index in [0.717, 1.165) is 0 Å². The van der Waals surface area contributed by atoms with E-state index in [1.165, 1.54) is 18.2 Å². The number of hydrogen-bond acceptors (Lipinski definition) is 3. The minimum absolute atomic E-state index is 0.0827. The molecular weight excluding hydrogens is 380 g/mol. The lowest BCUT2D eigenvalue weighted by atomic mass is 10.2. The molecular formula is C13H10BrClN2O3S. The number of primary sulfonamides is 1. The van der Waals surface area contributed by atoms with Crippen LogP contribution in [0.3, 0.4) is 0 Å². The molecule has 0 spiro atoms. The summed E-state index contributed by atoms with van der Waals surface area (Å²) in [5.74, 6) is -0.451. The molecule has 110 valence electrons. The zero-order chi connectivity index (χ0) is 15.6. The molecule has 0 aliphatic heterocycles. The van der Waals surface area contributed by atoms with Crippen molar-refractivity contribution in [3.63, 3.8) is 0 Å². The summed E-state index contributed by atoms with van der Waals surface area (Å²) in [6, 6.07) is 10.5. The van der Waals surface area contributed by atoms with E-state index in [4.69, 9.17) is 16.7 Å². The van der Waals surface area contributed by atoms with Crippen LogP contribution in [0.4, 0.5) is 5.69 Å². The van der Waals surface area contributed by atoms with Crippen molar-refractivity contribution in [1.82, 2.24) is 0 Å². The number of nitrogens with one attached hydrogen (secondary N) is 1. The highest BCUT2D eigenvalue weighted by Gasteiger charge is 2.13. The van der Waals surface area contributed by atoms with Crippen molar-refractivity contribution in [3.8, 4) is 0 Å². The van der Waals surface area contributed by atoms with Gasteiger partial charge in [0.25, 0.3) is 5.91 Å². The predicted molar refractivity (Wildman–Crippen MR) is 84.9 cm³/mol.